The van der Waals surface area contributed by atoms with Crippen molar-refractivity contribution in [3.05, 3.63) is 29.8 Å². The van der Waals surface area contributed by atoms with Crippen LogP contribution in [0.25, 0.3) is 0 Å². The van der Waals surface area contributed by atoms with E-state index in [9.17, 15) is 4.79 Å². The first-order valence-electron chi connectivity index (χ1n) is 7.58. The van der Waals surface area contributed by atoms with Crippen molar-refractivity contribution in [3.63, 3.8) is 0 Å². The van der Waals surface area contributed by atoms with Gasteiger partial charge in [0.2, 0.25) is 0 Å². The third-order valence-electron chi connectivity index (χ3n) is 4.10. The van der Waals surface area contributed by atoms with Crippen LogP contribution in [0.2, 0.25) is 0 Å². The zero-order valence-corrected chi connectivity index (χ0v) is 12.7. The van der Waals surface area contributed by atoms with Crippen molar-refractivity contribution < 1.29 is 9.53 Å². The molecule has 2 unspecified atom stereocenters. The van der Waals surface area contributed by atoms with Crippen LogP contribution in [0.3, 0.4) is 0 Å². The van der Waals surface area contributed by atoms with E-state index < -0.39 is 5.54 Å². The minimum Gasteiger partial charge on any atom is -0.464 e. The molecule has 1 aromatic rings. The summed E-state index contributed by atoms with van der Waals surface area (Å²) < 4.78 is 5.33. The molecule has 1 aliphatic carbocycles. The van der Waals surface area contributed by atoms with Gasteiger partial charge in [0.25, 0.3) is 0 Å². The Labute approximate surface area is 121 Å². The fraction of sp³-hybridized carbons (Fsp3) is 0.588. The summed E-state index contributed by atoms with van der Waals surface area (Å²) in [5.74, 6) is 0.443. The first-order chi connectivity index (χ1) is 9.55. The summed E-state index contributed by atoms with van der Waals surface area (Å²) in [6.07, 6.45) is 3.96. The van der Waals surface area contributed by atoms with Crippen molar-refractivity contribution in [2.75, 3.05) is 11.9 Å². The summed E-state index contributed by atoms with van der Waals surface area (Å²) in [5.41, 5.74) is 1.67. The lowest BCUT2D eigenvalue weighted by molar-refractivity contribution is -0.150. The number of hydrogen-bond donors (Lipinski definition) is 1. The first kappa shape index (κ1) is 14.9. The molecule has 0 amide bonds. The highest BCUT2D eigenvalue weighted by atomic mass is 16.5. The maximum atomic E-state index is 12.5. The lowest BCUT2D eigenvalue weighted by atomic mass is 9.76. The smallest absolute Gasteiger partial charge is 0.331 e. The summed E-state index contributed by atoms with van der Waals surface area (Å²) >= 11 is 0. The zero-order chi connectivity index (χ0) is 14.6. The third-order valence-corrected chi connectivity index (χ3v) is 4.10. The van der Waals surface area contributed by atoms with Crippen molar-refractivity contribution in [1.29, 1.82) is 0 Å². The van der Waals surface area contributed by atoms with Gasteiger partial charge in [-0.25, -0.2) is 4.79 Å². The van der Waals surface area contributed by atoms with Crippen LogP contribution in [0.15, 0.2) is 24.3 Å². The van der Waals surface area contributed by atoms with Gasteiger partial charge >= 0.3 is 5.97 Å². The van der Waals surface area contributed by atoms with Gasteiger partial charge in [0, 0.05) is 5.69 Å². The van der Waals surface area contributed by atoms with Crippen molar-refractivity contribution in [2.45, 2.75) is 52.0 Å². The van der Waals surface area contributed by atoms with E-state index in [0.29, 0.717) is 12.5 Å². The van der Waals surface area contributed by atoms with E-state index in [1.165, 1.54) is 12.0 Å². The quantitative estimate of drug-likeness (QED) is 0.846. The zero-order valence-electron chi connectivity index (χ0n) is 12.7. The third kappa shape index (κ3) is 3.33. The lowest BCUT2D eigenvalue weighted by Crippen LogP contribution is -2.50. The van der Waals surface area contributed by atoms with Crippen molar-refractivity contribution in [3.8, 4) is 0 Å². The molecular weight excluding hydrogens is 250 g/mol. The Morgan fingerprint density at radius 1 is 1.40 bits per heavy atom. The predicted octanol–water partition coefficient (Wildman–Crippen LogP) is 3.92. The number of anilines is 1. The van der Waals surface area contributed by atoms with Crippen molar-refractivity contribution in [2.24, 2.45) is 5.92 Å². The monoisotopic (exact) mass is 275 g/mol. The number of nitrogens with one attached hydrogen (secondary N) is 1. The average molecular weight is 275 g/mol. The van der Waals surface area contributed by atoms with E-state index >= 15 is 0 Å². The highest BCUT2D eigenvalue weighted by molar-refractivity contribution is 5.84. The van der Waals surface area contributed by atoms with Gasteiger partial charge in [-0.3, -0.25) is 0 Å². The number of ether oxygens (including phenoxy) is 1. The maximum absolute atomic E-state index is 12.5. The molecule has 0 radical (unpaired) electrons. The summed E-state index contributed by atoms with van der Waals surface area (Å²) in [7, 11) is 0. The van der Waals surface area contributed by atoms with E-state index in [-0.39, 0.29) is 5.97 Å². The number of aryl methyl sites for hydroxylation is 1. The Hall–Kier alpha value is -1.51. The fourth-order valence-corrected chi connectivity index (χ4v) is 3.08. The molecule has 1 aromatic carbocycles. The molecule has 1 fully saturated rings. The molecule has 1 N–H and O–H groups in total. The van der Waals surface area contributed by atoms with E-state index in [1.54, 1.807) is 0 Å². The maximum Gasteiger partial charge on any atom is 0.331 e. The van der Waals surface area contributed by atoms with Crippen LogP contribution in [0.5, 0.6) is 0 Å². The van der Waals surface area contributed by atoms with Crippen LogP contribution in [0, 0.1) is 12.8 Å². The number of benzene rings is 1. The van der Waals surface area contributed by atoms with Crippen LogP contribution < -0.4 is 5.32 Å². The van der Waals surface area contributed by atoms with E-state index in [1.807, 2.05) is 19.1 Å². The van der Waals surface area contributed by atoms with Gasteiger partial charge < -0.3 is 10.1 Å². The molecule has 0 aliphatic heterocycles. The summed E-state index contributed by atoms with van der Waals surface area (Å²) in [6.45, 7) is 6.58. The minimum absolute atomic E-state index is 0.105. The number of carbonyl (C=O) groups excluding carboxylic acids is 1. The molecule has 0 heterocycles. The Bertz CT molecular complexity index is 455. The second-order valence-corrected chi connectivity index (χ2v) is 6.00. The highest BCUT2D eigenvalue weighted by Gasteiger charge is 2.43. The molecule has 0 aromatic heterocycles. The number of rotatable bonds is 4. The highest BCUT2D eigenvalue weighted by Crippen LogP contribution is 2.36. The van der Waals surface area contributed by atoms with Crippen LogP contribution in [0.1, 0.15) is 45.1 Å². The summed E-state index contributed by atoms with van der Waals surface area (Å²) in [5, 5.41) is 3.46. The van der Waals surface area contributed by atoms with Crippen LogP contribution in [-0.2, 0) is 9.53 Å². The molecule has 0 saturated heterocycles. The SMILES string of the molecule is CCOC(=O)C1(Nc2ccc(C)cc2)CCCC(C)C1. The second-order valence-electron chi connectivity index (χ2n) is 6.00. The number of hydrogen-bond acceptors (Lipinski definition) is 3. The van der Waals surface area contributed by atoms with E-state index in [4.69, 9.17) is 4.74 Å². The van der Waals surface area contributed by atoms with Gasteiger partial charge in [0.15, 0.2) is 0 Å². The van der Waals surface area contributed by atoms with Crippen LogP contribution in [0.4, 0.5) is 5.69 Å². The van der Waals surface area contributed by atoms with E-state index in [2.05, 4.69) is 31.3 Å². The van der Waals surface area contributed by atoms with Gasteiger partial charge in [-0.2, -0.15) is 0 Å². The molecule has 2 rings (SSSR count). The Morgan fingerprint density at radius 3 is 2.70 bits per heavy atom. The molecule has 0 spiro atoms. The summed E-state index contributed by atoms with van der Waals surface area (Å²) in [4.78, 5) is 12.5. The summed E-state index contributed by atoms with van der Waals surface area (Å²) in [6, 6.07) is 8.20. The molecular formula is C17H25NO2. The standard InChI is InChI=1S/C17H25NO2/c1-4-20-16(19)17(11-5-6-14(3)12-17)18-15-9-7-13(2)8-10-15/h7-10,14,18H,4-6,11-12H2,1-3H3. The largest absolute Gasteiger partial charge is 0.464 e. The first-order valence-corrected chi connectivity index (χ1v) is 7.58. The van der Waals surface area contributed by atoms with Crippen LogP contribution in [-0.4, -0.2) is 18.1 Å². The molecule has 110 valence electrons. The fourth-order valence-electron chi connectivity index (χ4n) is 3.08. The number of carbonyl (C=O) groups is 1. The van der Waals surface area contributed by atoms with Crippen molar-refractivity contribution in [1.82, 2.24) is 0 Å². The molecule has 1 aliphatic rings. The minimum atomic E-state index is -0.553. The molecule has 2 atom stereocenters. The second kappa shape index (κ2) is 6.29. The predicted molar refractivity (Wildman–Crippen MR) is 81.8 cm³/mol. The van der Waals surface area contributed by atoms with Gasteiger partial charge in [0.1, 0.15) is 5.54 Å². The average Bonchev–Trinajstić information content (AvgIpc) is 2.42. The van der Waals surface area contributed by atoms with Crippen LogP contribution >= 0.6 is 0 Å². The Morgan fingerprint density at radius 2 is 2.10 bits per heavy atom. The van der Waals surface area contributed by atoms with Crippen molar-refractivity contribution >= 4 is 11.7 Å². The molecule has 1 saturated carbocycles. The van der Waals surface area contributed by atoms with Gasteiger partial charge in [-0.15, -0.1) is 0 Å². The van der Waals surface area contributed by atoms with Gasteiger partial charge in [-0.05, 0) is 44.7 Å². The topological polar surface area (TPSA) is 38.3 Å². The molecule has 0 bridgehead atoms. The number of esters is 1. The normalized spacial score (nSPS) is 26.1. The van der Waals surface area contributed by atoms with Gasteiger partial charge in [-0.1, -0.05) is 37.5 Å². The Kier molecular flexibility index (Phi) is 4.69. The van der Waals surface area contributed by atoms with E-state index in [0.717, 1.165) is 24.9 Å². The molecule has 3 heteroatoms. The van der Waals surface area contributed by atoms with Gasteiger partial charge in [0.05, 0.1) is 6.61 Å². The lowest BCUT2D eigenvalue weighted by Gasteiger charge is -2.39. The molecule has 20 heavy (non-hydrogen) atoms. The molecule has 3 nitrogen and oxygen atoms in total. The Balaban J connectivity index is 2.21.